The molecule has 152 valence electrons. The van der Waals surface area contributed by atoms with Gasteiger partial charge in [0.15, 0.2) is 0 Å². The van der Waals surface area contributed by atoms with E-state index in [0.717, 1.165) is 22.4 Å². The lowest BCUT2D eigenvalue weighted by Crippen LogP contribution is -2.29. The Morgan fingerprint density at radius 2 is 2.31 bits per heavy atom. The molecule has 2 heterocycles. The Hall–Kier alpha value is -2.67. The molecule has 1 unspecified atom stereocenters. The van der Waals surface area contributed by atoms with E-state index >= 15 is 0 Å². The van der Waals surface area contributed by atoms with E-state index in [1.807, 2.05) is 16.8 Å². The highest BCUT2D eigenvalue weighted by Crippen LogP contribution is 2.39. The molecular formula is C20H21N3O4S2. The normalized spacial score (nSPS) is 15.5. The van der Waals surface area contributed by atoms with Gasteiger partial charge < -0.3 is 20.5 Å². The number of rotatable bonds is 7. The molecule has 29 heavy (non-hydrogen) atoms. The zero-order valence-electron chi connectivity index (χ0n) is 15.6. The third-order valence-electron chi connectivity index (χ3n) is 4.52. The first kappa shape index (κ1) is 21.0. The number of fused-ring (bicyclic) bond motifs is 1. The Balaban J connectivity index is 1.61. The van der Waals surface area contributed by atoms with Gasteiger partial charge in [0, 0.05) is 17.5 Å². The molecule has 0 bridgehead atoms. The number of aliphatic hydroxyl groups is 1. The van der Waals surface area contributed by atoms with E-state index in [-0.39, 0.29) is 31.6 Å². The highest BCUT2D eigenvalue weighted by Gasteiger charge is 2.27. The third-order valence-corrected chi connectivity index (χ3v) is 6.39. The zero-order chi connectivity index (χ0) is 20.6. The van der Waals surface area contributed by atoms with Crippen LogP contribution in [0.1, 0.15) is 28.0 Å². The van der Waals surface area contributed by atoms with Gasteiger partial charge in [0.05, 0.1) is 18.8 Å². The molecule has 2 aromatic heterocycles. The molecule has 0 saturated heterocycles. The lowest BCUT2D eigenvalue weighted by molar-refractivity contribution is -0.111. The number of amides is 2. The van der Waals surface area contributed by atoms with E-state index in [4.69, 9.17) is 9.84 Å². The molecule has 0 fully saturated rings. The number of hydrogen-bond acceptors (Lipinski definition) is 7. The molecule has 0 spiro atoms. The first-order valence-corrected chi connectivity index (χ1v) is 10.9. The van der Waals surface area contributed by atoms with Gasteiger partial charge in [-0.15, -0.1) is 11.3 Å². The predicted molar refractivity (Wildman–Crippen MR) is 113 cm³/mol. The summed E-state index contributed by atoms with van der Waals surface area (Å²) in [6.07, 6.45) is 4.87. The van der Waals surface area contributed by atoms with E-state index in [1.54, 1.807) is 17.4 Å². The van der Waals surface area contributed by atoms with Crippen LogP contribution in [0, 0.1) is 17.2 Å². The topological polar surface area (TPSA) is 111 Å². The summed E-state index contributed by atoms with van der Waals surface area (Å²) in [5.41, 5.74) is 2.47. The number of thiophene rings is 2. The van der Waals surface area contributed by atoms with E-state index in [1.165, 1.54) is 17.4 Å². The Morgan fingerprint density at radius 1 is 1.45 bits per heavy atom. The molecular weight excluding hydrogens is 410 g/mol. The van der Waals surface area contributed by atoms with Gasteiger partial charge in [0.2, 0.25) is 5.91 Å². The molecule has 0 radical (unpaired) electrons. The summed E-state index contributed by atoms with van der Waals surface area (Å²) in [6.45, 7) is 0.306. The highest BCUT2D eigenvalue weighted by atomic mass is 32.1. The maximum atomic E-state index is 12.2. The molecule has 7 nitrogen and oxygen atoms in total. The number of ether oxygens (including phenoxy) is 1. The van der Waals surface area contributed by atoms with Crippen LogP contribution >= 0.6 is 22.7 Å². The van der Waals surface area contributed by atoms with Crippen molar-refractivity contribution in [3.05, 3.63) is 44.5 Å². The van der Waals surface area contributed by atoms with Crippen molar-refractivity contribution in [1.82, 2.24) is 5.32 Å². The second-order valence-electron chi connectivity index (χ2n) is 6.56. The number of nitrogens with one attached hydrogen (secondary N) is 2. The van der Waals surface area contributed by atoms with Crippen LogP contribution in [-0.4, -0.2) is 36.9 Å². The minimum Gasteiger partial charge on any atom is -0.449 e. The number of nitrogens with zero attached hydrogens (tertiary/aromatic N) is 1. The van der Waals surface area contributed by atoms with Crippen molar-refractivity contribution >= 4 is 45.8 Å². The number of anilines is 1. The summed E-state index contributed by atoms with van der Waals surface area (Å²) in [5.74, 6) is -0.110. The van der Waals surface area contributed by atoms with E-state index in [0.29, 0.717) is 23.4 Å². The summed E-state index contributed by atoms with van der Waals surface area (Å²) in [6, 6.07) is 4.14. The SMILES string of the molecule is N#Cc1c(NC(=O)C=Cc2ccsc2)sc2c1CCC(COC(=O)NCCO)C2. The van der Waals surface area contributed by atoms with Crippen LogP contribution in [0.25, 0.3) is 6.08 Å². The fraction of sp³-hybridized carbons (Fsp3) is 0.350. The maximum Gasteiger partial charge on any atom is 0.407 e. The Morgan fingerprint density at radius 3 is 3.03 bits per heavy atom. The van der Waals surface area contributed by atoms with Crippen molar-refractivity contribution in [2.45, 2.75) is 19.3 Å². The first-order valence-electron chi connectivity index (χ1n) is 9.18. The van der Waals surface area contributed by atoms with Crippen molar-refractivity contribution in [1.29, 1.82) is 5.26 Å². The second-order valence-corrected chi connectivity index (χ2v) is 8.44. The van der Waals surface area contributed by atoms with Gasteiger partial charge in [-0.2, -0.15) is 16.6 Å². The van der Waals surface area contributed by atoms with E-state index in [2.05, 4.69) is 16.7 Å². The van der Waals surface area contributed by atoms with E-state index < -0.39 is 6.09 Å². The van der Waals surface area contributed by atoms with Crippen LogP contribution < -0.4 is 10.6 Å². The van der Waals surface area contributed by atoms with Gasteiger partial charge in [-0.1, -0.05) is 0 Å². The standard InChI is InChI=1S/C20H21N3O4S2/c21-10-16-15-3-1-14(11-27-20(26)22-6-7-24)9-17(15)29-19(16)23-18(25)4-2-13-5-8-28-12-13/h2,4-5,8,12,14,24H,1,3,6-7,9,11H2,(H,22,26)(H,23,25). The lowest BCUT2D eigenvalue weighted by Gasteiger charge is -2.21. The molecule has 0 aliphatic heterocycles. The van der Waals surface area contributed by atoms with Crippen LogP contribution in [-0.2, 0) is 22.4 Å². The average molecular weight is 432 g/mol. The third kappa shape index (κ3) is 5.67. The average Bonchev–Trinajstić information content (AvgIpc) is 3.35. The zero-order valence-corrected chi connectivity index (χ0v) is 17.3. The van der Waals surface area contributed by atoms with Gasteiger partial charge in [0.1, 0.15) is 11.1 Å². The van der Waals surface area contributed by atoms with Gasteiger partial charge in [-0.3, -0.25) is 4.79 Å². The summed E-state index contributed by atoms with van der Waals surface area (Å²) in [5, 5.41) is 28.0. The minimum absolute atomic E-state index is 0.134. The number of carbonyl (C=O) groups excluding carboxylic acids is 2. The highest BCUT2D eigenvalue weighted by molar-refractivity contribution is 7.16. The summed E-state index contributed by atoms with van der Waals surface area (Å²) in [7, 11) is 0. The van der Waals surface area contributed by atoms with Crippen molar-refractivity contribution < 1.29 is 19.4 Å². The minimum atomic E-state index is -0.542. The van der Waals surface area contributed by atoms with Crippen molar-refractivity contribution in [2.24, 2.45) is 5.92 Å². The number of hydrogen-bond donors (Lipinski definition) is 3. The Labute approximate surface area is 176 Å². The van der Waals surface area contributed by atoms with E-state index in [9.17, 15) is 14.9 Å². The summed E-state index contributed by atoms with van der Waals surface area (Å²) < 4.78 is 5.19. The van der Waals surface area contributed by atoms with Crippen LogP contribution in [0.3, 0.4) is 0 Å². The maximum absolute atomic E-state index is 12.2. The Kier molecular flexibility index (Phi) is 7.41. The van der Waals surface area contributed by atoms with Gasteiger partial charge in [0.25, 0.3) is 0 Å². The van der Waals surface area contributed by atoms with Gasteiger partial charge >= 0.3 is 6.09 Å². The van der Waals surface area contributed by atoms with Gasteiger partial charge in [-0.25, -0.2) is 4.79 Å². The fourth-order valence-corrected chi connectivity index (χ4v) is 5.04. The molecule has 1 aliphatic carbocycles. The molecule has 1 atom stereocenters. The molecule has 0 saturated carbocycles. The van der Waals surface area contributed by atoms with Crippen LogP contribution in [0.15, 0.2) is 22.9 Å². The largest absolute Gasteiger partial charge is 0.449 e. The summed E-state index contributed by atoms with van der Waals surface area (Å²) in [4.78, 5) is 24.8. The van der Waals surface area contributed by atoms with Gasteiger partial charge in [-0.05, 0) is 59.2 Å². The molecule has 1 aliphatic rings. The summed E-state index contributed by atoms with van der Waals surface area (Å²) >= 11 is 2.97. The van der Waals surface area contributed by atoms with Crippen molar-refractivity contribution in [3.8, 4) is 6.07 Å². The van der Waals surface area contributed by atoms with Crippen LogP contribution in [0.4, 0.5) is 9.80 Å². The number of alkyl carbamates (subject to hydrolysis) is 1. The number of carbonyl (C=O) groups is 2. The molecule has 3 rings (SSSR count). The Bertz CT molecular complexity index is 928. The molecule has 9 heteroatoms. The van der Waals surface area contributed by atoms with Crippen LogP contribution in [0.5, 0.6) is 0 Å². The monoisotopic (exact) mass is 431 g/mol. The van der Waals surface area contributed by atoms with Crippen LogP contribution in [0.2, 0.25) is 0 Å². The molecule has 2 aromatic rings. The number of nitriles is 1. The van der Waals surface area contributed by atoms with Crippen molar-refractivity contribution in [3.63, 3.8) is 0 Å². The first-order chi connectivity index (χ1) is 14.1. The second kappa shape index (κ2) is 10.2. The fourth-order valence-electron chi connectivity index (χ4n) is 3.10. The van der Waals surface area contributed by atoms with Crippen molar-refractivity contribution in [2.75, 3.05) is 25.1 Å². The predicted octanol–water partition coefficient (Wildman–Crippen LogP) is 3.16. The smallest absolute Gasteiger partial charge is 0.407 e. The molecule has 2 amide bonds. The number of aliphatic hydroxyl groups excluding tert-OH is 1. The lowest BCUT2D eigenvalue weighted by atomic mass is 9.88. The molecule has 3 N–H and O–H groups in total. The quantitative estimate of drug-likeness (QED) is 0.583. The molecule has 0 aromatic carbocycles.